The second-order valence-corrected chi connectivity index (χ2v) is 6.81. The van der Waals surface area contributed by atoms with E-state index in [4.69, 9.17) is 0 Å². The van der Waals surface area contributed by atoms with E-state index in [1.165, 1.54) is 0 Å². The van der Waals surface area contributed by atoms with Gasteiger partial charge >= 0.3 is 0 Å². The summed E-state index contributed by atoms with van der Waals surface area (Å²) in [5, 5.41) is 13.9. The highest BCUT2D eigenvalue weighted by Crippen LogP contribution is 2.28. The lowest BCUT2D eigenvalue weighted by Gasteiger charge is -2.35. The van der Waals surface area contributed by atoms with Gasteiger partial charge in [0.25, 0.3) is 0 Å². The number of aromatic amines is 1. The molecule has 1 aliphatic heterocycles. The van der Waals surface area contributed by atoms with Crippen molar-refractivity contribution in [3.63, 3.8) is 0 Å². The minimum atomic E-state index is -0.363. The fraction of sp³-hybridized carbons (Fsp3) is 0.286. The van der Waals surface area contributed by atoms with Gasteiger partial charge in [-0.25, -0.2) is 0 Å². The topological polar surface area (TPSA) is 68.4 Å². The molecule has 4 rings (SSSR count). The summed E-state index contributed by atoms with van der Waals surface area (Å²) in [5.74, 6) is -0.0405. The van der Waals surface area contributed by atoms with Crippen LogP contribution in [0.5, 0.6) is 0 Å². The molecule has 1 saturated heterocycles. The Labute approximate surface area is 152 Å². The molecule has 2 heterocycles. The number of rotatable bonds is 4. The Morgan fingerprint density at radius 3 is 2.62 bits per heavy atom. The molecule has 5 heteroatoms. The first-order chi connectivity index (χ1) is 12.7. The van der Waals surface area contributed by atoms with Crippen LogP contribution in [0.3, 0.4) is 0 Å². The van der Waals surface area contributed by atoms with Crippen molar-refractivity contribution in [2.24, 2.45) is 0 Å². The van der Waals surface area contributed by atoms with Crippen LogP contribution >= 0.6 is 0 Å². The molecule has 26 heavy (non-hydrogen) atoms. The van der Waals surface area contributed by atoms with Crippen LogP contribution in [0.25, 0.3) is 10.9 Å². The van der Waals surface area contributed by atoms with Gasteiger partial charge in [-0.3, -0.25) is 9.69 Å². The van der Waals surface area contributed by atoms with Crippen molar-refractivity contribution in [1.29, 1.82) is 0 Å². The van der Waals surface area contributed by atoms with Gasteiger partial charge in [-0.2, -0.15) is 0 Å². The van der Waals surface area contributed by atoms with Gasteiger partial charge in [-0.05, 0) is 36.6 Å². The zero-order chi connectivity index (χ0) is 17.9. The fourth-order valence-corrected chi connectivity index (χ4v) is 3.70. The minimum absolute atomic E-state index is 0.0405. The van der Waals surface area contributed by atoms with Crippen molar-refractivity contribution in [3.05, 3.63) is 66.4 Å². The highest BCUT2D eigenvalue weighted by atomic mass is 16.3. The summed E-state index contributed by atoms with van der Waals surface area (Å²) < 4.78 is 0. The van der Waals surface area contributed by atoms with Crippen LogP contribution in [0.2, 0.25) is 0 Å². The van der Waals surface area contributed by atoms with Gasteiger partial charge in [0.15, 0.2) is 0 Å². The lowest BCUT2D eigenvalue weighted by molar-refractivity contribution is -0.122. The van der Waals surface area contributed by atoms with E-state index in [1.807, 2.05) is 60.8 Å². The lowest BCUT2D eigenvalue weighted by atomic mass is 9.99. The molecule has 0 radical (unpaired) electrons. The maximum atomic E-state index is 13.2. The molecule has 3 aromatic rings. The summed E-state index contributed by atoms with van der Waals surface area (Å²) in [4.78, 5) is 18.6. The van der Waals surface area contributed by atoms with E-state index in [0.29, 0.717) is 25.9 Å². The van der Waals surface area contributed by atoms with Gasteiger partial charge in [0.1, 0.15) is 6.04 Å². The number of carbonyl (C=O) groups excluding carboxylic acids is 1. The number of piperidine rings is 1. The maximum absolute atomic E-state index is 13.2. The molecule has 1 fully saturated rings. The van der Waals surface area contributed by atoms with Gasteiger partial charge in [0.2, 0.25) is 5.91 Å². The molecule has 1 aromatic heterocycles. The third kappa shape index (κ3) is 3.36. The first-order valence-corrected chi connectivity index (χ1v) is 9.06. The summed E-state index contributed by atoms with van der Waals surface area (Å²) in [5.41, 5.74) is 2.79. The minimum Gasteiger partial charge on any atom is -0.393 e. The number of fused-ring (bicyclic) bond motifs is 1. The molecule has 0 bridgehead atoms. The number of likely N-dealkylation sites (tertiary alicyclic amines) is 1. The van der Waals surface area contributed by atoms with Gasteiger partial charge in [0, 0.05) is 30.2 Å². The molecule has 5 nitrogen and oxygen atoms in total. The van der Waals surface area contributed by atoms with Crippen LogP contribution in [0.1, 0.15) is 24.4 Å². The highest BCUT2D eigenvalue weighted by molar-refractivity contribution is 6.03. The van der Waals surface area contributed by atoms with E-state index < -0.39 is 0 Å². The number of anilines is 1. The van der Waals surface area contributed by atoms with Crippen LogP contribution in [0.4, 0.5) is 5.69 Å². The number of nitrogens with zero attached hydrogens (tertiary/aromatic N) is 1. The Kier molecular flexibility index (Phi) is 4.73. The standard InChI is InChI=1S/C21H23N3O2/c25-16-10-13-24(14-11-16)20(15-5-2-1-3-6-15)21(26)23-19-8-4-7-18-17(19)9-12-22-18/h1-9,12,16,20,22,25H,10-11,13-14H2,(H,23,26)/t20-/m0/s1. The van der Waals surface area contributed by atoms with Crippen LogP contribution < -0.4 is 5.32 Å². The highest BCUT2D eigenvalue weighted by Gasteiger charge is 2.30. The molecule has 3 N–H and O–H groups in total. The second kappa shape index (κ2) is 7.32. The summed E-state index contributed by atoms with van der Waals surface area (Å²) in [7, 11) is 0. The number of aliphatic hydroxyl groups excluding tert-OH is 1. The summed E-state index contributed by atoms with van der Waals surface area (Å²) in [6.07, 6.45) is 3.01. The zero-order valence-electron chi connectivity index (χ0n) is 14.6. The lowest BCUT2D eigenvalue weighted by Crippen LogP contribution is -2.43. The Balaban J connectivity index is 1.63. The average molecular weight is 349 g/mol. The molecule has 1 amide bonds. The van der Waals surface area contributed by atoms with E-state index in [-0.39, 0.29) is 18.1 Å². The third-order valence-corrected chi connectivity index (χ3v) is 5.08. The number of hydrogen-bond donors (Lipinski definition) is 3. The number of aliphatic hydroxyl groups is 1. The molecule has 0 saturated carbocycles. The Bertz CT molecular complexity index is 882. The first-order valence-electron chi connectivity index (χ1n) is 9.06. The summed E-state index contributed by atoms with van der Waals surface area (Å²) in [6.45, 7) is 1.42. The monoisotopic (exact) mass is 349 g/mol. The number of benzene rings is 2. The van der Waals surface area contributed by atoms with Crippen molar-refractivity contribution in [1.82, 2.24) is 9.88 Å². The van der Waals surface area contributed by atoms with Crippen molar-refractivity contribution in [2.75, 3.05) is 18.4 Å². The molecular weight excluding hydrogens is 326 g/mol. The zero-order valence-corrected chi connectivity index (χ0v) is 14.6. The van der Waals surface area contributed by atoms with Crippen molar-refractivity contribution in [3.8, 4) is 0 Å². The van der Waals surface area contributed by atoms with E-state index >= 15 is 0 Å². The van der Waals surface area contributed by atoms with Crippen LogP contribution in [0.15, 0.2) is 60.8 Å². The van der Waals surface area contributed by atoms with Gasteiger partial charge in [0.05, 0.1) is 11.8 Å². The number of aromatic nitrogens is 1. The number of nitrogens with one attached hydrogen (secondary N) is 2. The summed E-state index contributed by atoms with van der Waals surface area (Å²) >= 11 is 0. The predicted molar refractivity (Wildman–Crippen MR) is 103 cm³/mol. The van der Waals surface area contributed by atoms with Crippen molar-refractivity contribution in [2.45, 2.75) is 25.0 Å². The average Bonchev–Trinajstić information content (AvgIpc) is 3.14. The molecule has 2 aromatic carbocycles. The molecule has 1 atom stereocenters. The molecule has 0 spiro atoms. The van der Waals surface area contributed by atoms with E-state index in [0.717, 1.165) is 22.2 Å². The molecule has 134 valence electrons. The maximum Gasteiger partial charge on any atom is 0.246 e. The second-order valence-electron chi connectivity index (χ2n) is 6.81. The quantitative estimate of drug-likeness (QED) is 0.677. The number of hydrogen-bond acceptors (Lipinski definition) is 3. The van der Waals surface area contributed by atoms with E-state index in [9.17, 15) is 9.90 Å². The van der Waals surface area contributed by atoms with Crippen LogP contribution in [-0.4, -0.2) is 40.1 Å². The first kappa shape index (κ1) is 16.8. The third-order valence-electron chi connectivity index (χ3n) is 5.08. The van der Waals surface area contributed by atoms with Crippen LogP contribution in [-0.2, 0) is 4.79 Å². The molecule has 1 aliphatic rings. The molecular formula is C21H23N3O2. The van der Waals surface area contributed by atoms with E-state index in [1.54, 1.807) is 0 Å². The molecule has 0 unspecified atom stereocenters. The number of H-pyrrole nitrogens is 1. The summed E-state index contributed by atoms with van der Waals surface area (Å²) in [6, 6.07) is 17.3. The fourth-order valence-electron chi connectivity index (χ4n) is 3.70. The Hall–Kier alpha value is -2.63. The number of carbonyl (C=O) groups is 1. The number of amides is 1. The van der Waals surface area contributed by atoms with E-state index in [2.05, 4.69) is 15.2 Å². The predicted octanol–water partition coefficient (Wildman–Crippen LogP) is 3.30. The van der Waals surface area contributed by atoms with Crippen LogP contribution in [0, 0.1) is 0 Å². The van der Waals surface area contributed by atoms with Crippen molar-refractivity contribution >= 4 is 22.5 Å². The largest absolute Gasteiger partial charge is 0.393 e. The Morgan fingerprint density at radius 1 is 1.08 bits per heavy atom. The molecule has 0 aliphatic carbocycles. The SMILES string of the molecule is O=C(Nc1cccc2[nH]ccc12)[C@H](c1ccccc1)N1CCC(O)CC1. The van der Waals surface area contributed by atoms with Crippen molar-refractivity contribution < 1.29 is 9.90 Å². The Morgan fingerprint density at radius 2 is 1.85 bits per heavy atom. The normalized spacial score (nSPS) is 17.3. The van der Waals surface area contributed by atoms with Gasteiger partial charge in [-0.15, -0.1) is 0 Å². The van der Waals surface area contributed by atoms with Gasteiger partial charge in [-0.1, -0.05) is 36.4 Å². The van der Waals surface area contributed by atoms with Gasteiger partial charge < -0.3 is 15.4 Å². The smallest absolute Gasteiger partial charge is 0.246 e.